The average Bonchev–Trinajstić information content (AvgIpc) is 2.77. The minimum atomic E-state index is -1.73. The number of aliphatic hydroxyl groups excluding tert-OH is 3. The molecule has 0 spiro atoms. The molecule has 15 nitrogen and oxygen atoms in total. The van der Waals surface area contributed by atoms with Gasteiger partial charge < -0.3 is 59.6 Å². The Kier molecular flexibility index (Phi) is 11.4. The summed E-state index contributed by atoms with van der Waals surface area (Å²) in [5.74, 6) is 0. The maximum atomic E-state index is 12.8. The predicted molar refractivity (Wildman–Crippen MR) is 152 cm³/mol. The molecular weight excluding hydrogens is 570 g/mol. The number of likely N-dealkylation sites (N-methyl/N-ethyl adjacent to an activating group) is 1. The smallest absolute Gasteiger partial charge is 0.410 e. The summed E-state index contributed by atoms with van der Waals surface area (Å²) in [5, 5.41) is 49.5. The van der Waals surface area contributed by atoms with Crippen LogP contribution in [0.4, 0.5) is 14.4 Å². The molecule has 1 saturated heterocycles. The summed E-state index contributed by atoms with van der Waals surface area (Å²) in [6.07, 6.45) is -10.5. The van der Waals surface area contributed by atoms with E-state index in [2.05, 4.69) is 10.6 Å². The maximum Gasteiger partial charge on any atom is 0.410 e. The van der Waals surface area contributed by atoms with Crippen LogP contribution in [0, 0.1) is 0 Å². The molecule has 9 unspecified atom stereocenters. The van der Waals surface area contributed by atoms with Crippen molar-refractivity contribution in [2.75, 3.05) is 13.7 Å². The summed E-state index contributed by atoms with van der Waals surface area (Å²) in [4.78, 5) is 39.0. The molecule has 2 aliphatic rings. The van der Waals surface area contributed by atoms with E-state index in [1.807, 2.05) is 0 Å². The third kappa shape index (κ3) is 10.6. The Morgan fingerprint density at radius 1 is 0.791 bits per heavy atom. The Bertz CT molecular complexity index is 987. The summed E-state index contributed by atoms with van der Waals surface area (Å²) in [6.45, 7) is 16.0. The van der Waals surface area contributed by atoms with E-state index in [0.29, 0.717) is 0 Å². The van der Waals surface area contributed by atoms with Crippen molar-refractivity contribution in [3.63, 3.8) is 0 Å². The van der Waals surface area contributed by atoms with Crippen LogP contribution in [0.1, 0.15) is 75.7 Å². The van der Waals surface area contributed by atoms with E-state index in [-0.39, 0.29) is 13.0 Å². The van der Waals surface area contributed by atoms with Gasteiger partial charge in [0.1, 0.15) is 46.8 Å². The Morgan fingerprint density at radius 3 is 1.72 bits per heavy atom. The van der Waals surface area contributed by atoms with Crippen LogP contribution in [-0.4, -0.2) is 128 Å². The molecule has 15 heteroatoms. The van der Waals surface area contributed by atoms with Crippen LogP contribution < -0.4 is 10.6 Å². The second-order valence-corrected chi connectivity index (χ2v) is 14.4. The molecule has 0 aromatic heterocycles. The van der Waals surface area contributed by atoms with Gasteiger partial charge in [-0.15, -0.1) is 0 Å². The number of nitrogens with one attached hydrogen (secondary N) is 2. The fraction of sp³-hybridized carbons (Fsp3) is 0.893. The average molecular weight is 622 g/mol. The minimum Gasteiger partial charge on any atom is -0.444 e. The van der Waals surface area contributed by atoms with E-state index >= 15 is 0 Å². The van der Waals surface area contributed by atoms with Gasteiger partial charge in [-0.2, -0.15) is 0 Å². The summed E-state index contributed by atoms with van der Waals surface area (Å²) in [5.41, 5.74) is -4.28. The Hall–Kier alpha value is -2.43. The van der Waals surface area contributed by atoms with Crippen molar-refractivity contribution < 1.29 is 58.5 Å². The zero-order valence-electron chi connectivity index (χ0n) is 27.0. The highest BCUT2D eigenvalue weighted by atomic mass is 16.7. The van der Waals surface area contributed by atoms with Gasteiger partial charge in [-0.25, -0.2) is 14.4 Å². The number of alkyl carbamates (subject to hydrolysis) is 2. The van der Waals surface area contributed by atoms with Crippen molar-refractivity contribution in [3.8, 4) is 0 Å². The molecule has 0 aromatic rings. The summed E-state index contributed by atoms with van der Waals surface area (Å²) in [7, 11) is 1.35. The van der Waals surface area contributed by atoms with Crippen molar-refractivity contribution in [2.45, 2.75) is 147 Å². The number of carbonyl (C=O) groups is 3. The number of ether oxygens (including phenoxy) is 5. The minimum absolute atomic E-state index is 0.136. The number of rotatable bonds is 5. The second kappa shape index (κ2) is 13.3. The largest absolute Gasteiger partial charge is 0.444 e. The number of hydrogen-bond acceptors (Lipinski definition) is 12. The maximum absolute atomic E-state index is 12.8. The third-order valence-corrected chi connectivity index (χ3v) is 6.58. The molecule has 6 N–H and O–H groups in total. The first-order valence-corrected chi connectivity index (χ1v) is 14.3. The first kappa shape index (κ1) is 36.8. The zero-order valence-corrected chi connectivity index (χ0v) is 27.0. The number of amides is 3. The molecule has 0 bridgehead atoms. The van der Waals surface area contributed by atoms with Crippen LogP contribution in [0.5, 0.6) is 0 Å². The van der Waals surface area contributed by atoms with Gasteiger partial charge in [0.05, 0.1) is 24.7 Å². The van der Waals surface area contributed by atoms with Gasteiger partial charge in [0.2, 0.25) is 0 Å². The summed E-state index contributed by atoms with van der Waals surface area (Å²) >= 11 is 0. The van der Waals surface area contributed by atoms with Crippen LogP contribution in [0.3, 0.4) is 0 Å². The summed E-state index contributed by atoms with van der Waals surface area (Å²) < 4.78 is 27.6. The molecular formula is C28H51N3O12. The lowest BCUT2D eigenvalue weighted by molar-refractivity contribution is -0.305. The van der Waals surface area contributed by atoms with Gasteiger partial charge in [0, 0.05) is 7.05 Å². The van der Waals surface area contributed by atoms with Gasteiger partial charge in [-0.1, -0.05) is 0 Å². The van der Waals surface area contributed by atoms with E-state index in [0.717, 1.165) is 4.90 Å². The molecule has 9 atom stereocenters. The van der Waals surface area contributed by atoms with Crippen LogP contribution in [0.2, 0.25) is 0 Å². The first-order valence-electron chi connectivity index (χ1n) is 14.3. The highest BCUT2D eigenvalue weighted by Gasteiger charge is 2.54. The molecule has 3 amide bonds. The zero-order chi connectivity index (χ0) is 33.3. The number of nitrogens with zero attached hydrogens (tertiary/aromatic N) is 1. The van der Waals surface area contributed by atoms with E-state index in [1.54, 1.807) is 62.3 Å². The number of aliphatic hydroxyl groups is 4. The highest BCUT2D eigenvalue weighted by molar-refractivity contribution is 5.69. The van der Waals surface area contributed by atoms with Crippen LogP contribution in [0.25, 0.3) is 0 Å². The van der Waals surface area contributed by atoms with Gasteiger partial charge in [0.25, 0.3) is 0 Å². The molecule has 1 aliphatic heterocycles. The van der Waals surface area contributed by atoms with E-state index in [4.69, 9.17) is 23.7 Å². The molecule has 2 rings (SSSR count). The van der Waals surface area contributed by atoms with Crippen molar-refractivity contribution in [1.29, 1.82) is 0 Å². The fourth-order valence-corrected chi connectivity index (χ4v) is 4.92. The van der Waals surface area contributed by atoms with E-state index in [1.165, 1.54) is 14.0 Å². The van der Waals surface area contributed by atoms with Crippen LogP contribution >= 0.6 is 0 Å². The molecule has 1 aliphatic carbocycles. The molecule has 1 heterocycles. The lowest BCUT2D eigenvalue weighted by Gasteiger charge is -2.49. The van der Waals surface area contributed by atoms with Crippen molar-refractivity contribution in [2.24, 2.45) is 0 Å². The molecule has 1 saturated carbocycles. The SMILES string of the molecule is CN(C(=O)OC(C)(C)C)C1C(O)C(OC2C(NC(=O)OC(C)(C)C)CC(NC(=O)OC(C)(C)C)C(O)C2O)OCC1(C)O. The molecule has 0 radical (unpaired) electrons. The Morgan fingerprint density at radius 2 is 1.26 bits per heavy atom. The summed E-state index contributed by atoms with van der Waals surface area (Å²) in [6, 6.07) is -3.42. The van der Waals surface area contributed by atoms with Crippen LogP contribution in [-0.2, 0) is 23.7 Å². The lowest BCUT2D eigenvalue weighted by atomic mass is 9.83. The number of carbonyl (C=O) groups excluding carboxylic acids is 3. The van der Waals surface area contributed by atoms with Crippen molar-refractivity contribution in [3.05, 3.63) is 0 Å². The quantitative estimate of drug-likeness (QED) is 0.238. The third-order valence-electron chi connectivity index (χ3n) is 6.58. The standard InChI is InChI=1S/C28H51N3O12/c1-25(2,3)41-22(35)29-14-12-15(30-23(36)42-26(4,5)6)19(17(33)16(14)32)40-21-18(34)20(28(10,38)13-39-21)31(11)24(37)43-27(7,8)9/h14-21,32-34,38H,12-13H2,1-11H3,(H,29,35)(H,30,36). The van der Waals surface area contributed by atoms with Gasteiger partial charge in [0.15, 0.2) is 6.29 Å². The highest BCUT2D eigenvalue weighted by Crippen LogP contribution is 2.33. The van der Waals surface area contributed by atoms with Crippen LogP contribution in [0.15, 0.2) is 0 Å². The molecule has 43 heavy (non-hydrogen) atoms. The normalized spacial score (nSPS) is 33.7. The van der Waals surface area contributed by atoms with Gasteiger partial charge in [-0.05, 0) is 75.7 Å². The van der Waals surface area contributed by atoms with Gasteiger partial charge >= 0.3 is 18.3 Å². The van der Waals surface area contributed by atoms with Crippen molar-refractivity contribution >= 4 is 18.3 Å². The second-order valence-electron chi connectivity index (χ2n) is 14.4. The Labute approximate surface area is 253 Å². The van der Waals surface area contributed by atoms with Crippen molar-refractivity contribution in [1.82, 2.24) is 15.5 Å². The topological polar surface area (TPSA) is 206 Å². The predicted octanol–water partition coefficient (Wildman–Crippen LogP) is 0.987. The number of hydrogen-bond donors (Lipinski definition) is 6. The lowest BCUT2D eigenvalue weighted by Crippen LogP contribution is -2.70. The van der Waals surface area contributed by atoms with E-state index in [9.17, 15) is 34.8 Å². The van der Waals surface area contributed by atoms with E-state index < -0.39 is 89.5 Å². The monoisotopic (exact) mass is 621 g/mol. The van der Waals surface area contributed by atoms with Gasteiger partial charge in [-0.3, -0.25) is 0 Å². The molecule has 250 valence electrons. The Balaban J connectivity index is 2.33. The molecule has 2 fully saturated rings. The molecule has 0 aromatic carbocycles. The first-order chi connectivity index (χ1) is 19.3. The fourth-order valence-electron chi connectivity index (χ4n) is 4.92.